The van der Waals surface area contributed by atoms with Crippen molar-refractivity contribution < 1.29 is 9.59 Å². The molecule has 1 aliphatic rings. The molecule has 0 N–H and O–H groups in total. The Morgan fingerprint density at radius 3 is 2.38 bits per heavy atom. The van der Waals surface area contributed by atoms with E-state index in [0.29, 0.717) is 6.54 Å². The highest BCUT2D eigenvalue weighted by molar-refractivity contribution is 5.98. The van der Waals surface area contributed by atoms with Gasteiger partial charge in [0.15, 0.2) is 0 Å². The second-order valence-corrected chi connectivity index (χ2v) is 3.87. The molecule has 74 valence electrons. The topological polar surface area (TPSA) is 40.6 Å². The van der Waals surface area contributed by atoms with Gasteiger partial charge in [-0.3, -0.25) is 9.69 Å². The lowest BCUT2D eigenvalue weighted by Crippen LogP contribution is -2.56. The van der Waals surface area contributed by atoms with E-state index in [1.165, 1.54) is 4.90 Å². The molecule has 1 aliphatic heterocycles. The monoisotopic (exact) mass is 184 g/mol. The lowest BCUT2D eigenvalue weighted by atomic mass is 10.1. The van der Waals surface area contributed by atoms with Gasteiger partial charge in [-0.15, -0.1) is 0 Å². The van der Waals surface area contributed by atoms with Crippen molar-refractivity contribution in [2.24, 2.45) is 5.92 Å². The van der Waals surface area contributed by atoms with Gasteiger partial charge in [0.1, 0.15) is 0 Å². The molecule has 0 spiro atoms. The first-order chi connectivity index (χ1) is 5.95. The van der Waals surface area contributed by atoms with Gasteiger partial charge in [-0.2, -0.15) is 0 Å². The minimum absolute atomic E-state index is 0.0507. The number of hydrogen-bond acceptors (Lipinski definition) is 2. The molecule has 0 aromatic carbocycles. The Balaban J connectivity index is 2.89. The summed E-state index contributed by atoms with van der Waals surface area (Å²) in [7, 11) is 1.72. The highest BCUT2D eigenvalue weighted by Crippen LogP contribution is 2.16. The SMILES string of the molecule is CC1CN(C)C(=O)N(C(C)C)C1=O. The summed E-state index contributed by atoms with van der Waals surface area (Å²) in [5, 5.41) is 0. The van der Waals surface area contributed by atoms with Crippen LogP contribution in [0, 0.1) is 5.92 Å². The van der Waals surface area contributed by atoms with Crippen LogP contribution in [0.15, 0.2) is 0 Å². The predicted octanol–water partition coefficient (Wildman–Crippen LogP) is 0.925. The first kappa shape index (κ1) is 10.0. The third kappa shape index (κ3) is 1.66. The van der Waals surface area contributed by atoms with E-state index < -0.39 is 0 Å². The van der Waals surface area contributed by atoms with Gasteiger partial charge >= 0.3 is 6.03 Å². The number of carbonyl (C=O) groups is 2. The third-order valence-electron chi connectivity index (χ3n) is 2.26. The Kier molecular flexibility index (Phi) is 2.59. The smallest absolute Gasteiger partial charge is 0.326 e. The summed E-state index contributed by atoms with van der Waals surface area (Å²) in [6.45, 7) is 6.07. The fourth-order valence-electron chi connectivity index (χ4n) is 1.56. The molecule has 0 saturated carbocycles. The van der Waals surface area contributed by atoms with Crippen molar-refractivity contribution in [1.29, 1.82) is 0 Å². The van der Waals surface area contributed by atoms with E-state index in [2.05, 4.69) is 0 Å². The van der Waals surface area contributed by atoms with E-state index in [-0.39, 0.29) is 23.9 Å². The van der Waals surface area contributed by atoms with Crippen LogP contribution in [-0.2, 0) is 4.79 Å². The molecule has 4 nitrogen and oxygen atoms in total. The molecule has 1 fully saturated rings. The standard InChI is InChI=1S/C9H16N2O2/c1-6(2)11-8(12)7(3)5-10(4)9(11)13/h6-7H,5H2,1-4H3. The van der Waals surface area contributed by atoms with Gasteiger partial charge in [-0.05, 0) is 13.8 Å². The van der Waals surface area contributed by atoms with E-state index in [9.17, 15) is 9.59 Å². The maximum atomic E-state index is 11.6. The number of rotatable bonds is 1. The van der Waals surface area contributed by atoms with Crippen molar-refractivity contribution in [1.82, 2.24) is 9.80 Å². The average molecular weight is 184 g/mol. The average Bonchev–Trinajstić information content (AvgIpc) is 2.01. The Morgan fingerprint density at radius 1 is 1.38 bits per heavy atom. The van der Waals surface area contributed by atoms with Gasteiger partial charge in [0.25, 0.3) is 0 Å². The molecule has 0 aliphatic carbocycles. The Labute approximate surface area is 78.5 Å². The van der Waals surface area contributed by atoms with Crippen LogP contribution in [0.25, 0.3) is 0 Å². The predicted molar refractivity (Wildman–Crippen MR) is 49.2 cm³/mol. The third-order valence-corrected chi connectivity index (χ3v) is 2.26. The summed E-state index contributed by atoms with van der Waals surface area (Å²) in [6, 6.07) is -0.233. The maximum Gasteiger partial charge on any atom is 0.326 e. The quantitative estimate of drug-likeness (QED) is 0.608. The van der Waals surface area contributed by atoms with E-state index >= 15 is 0 Å². The van der Waals surface area contributed by atoms with Gasteiger partial charge in [0.2, 0.25) is 5.91 Å². The lowest BCUT2D eigenvalue weighted by molar-refractivity contribution is -0.136. The molecule has 13 heavy (non-hydrogen) atoms. The van der Waals surface area contributed by atoms with Gasteiger partial charge in [0.05, 0.1) is 5.92 Å². The minimum Gasteiger partial charge on any atom is -0.327 e. The van der Waals surface area contributed by atoms with Crippen LogP contribution in [-0.4, -0.2) is 41.4 Å². The summed E-state index contributed by atoms with van der Waals surface area (Å²) in [5.74, 6) is -0.136. The number of hydrogen-bond donors (Lipinski definition) is 0. The van der Waals surface area contributed by atoms with Gasteiger partial charge in [0, 0.05) is 19.6 Å². The van der Waals surface area contributed by atoms with Crippen LogP contribution in [0.2, 0.25) is 0 Å². The zero-order chi connectivity index (χ0) is 10.2. The zero-order valence-electron chi connectivity index (χ0n) is 8.57. The molecule has 0 bridgehead atoms. The van der Waals surface area contributed by atoms with Crippen LogP contribution < -0.4 is 0 Å². The highest BCUT2D eigenvalue weighted by atomic mass is 16.2. The molecule has 0 aromatic heterocycles. The molecule has 1 heterocycles. The fourth-order valence-corrected chi connectivity index (χ4v) is 1.56. The molecule has 0 aromatic rings. The first-order valence-corrected chi connectivity index (χ1v) is 4.53. The second-order valence-electron chi connectivity index (χ2n) is 3.87. The molecular formula is C9H16N2O2. The minimum atomic E-state index is -0.182. The van der Waals surface area contributed by atoms with E-state index in [0.717, 1.165) is 0 Å². The number of amides is 3. The van der Waals surface area contributed by atoms with Crippen LogP contribution in [0.5, 0.6) is 0 Å². The Bertz CT molecular complexity index is 218. The summed E-state index contributed by atoms with van der Waals surface area (Å²) in [4.78, 5) is 26.1. The van der Waals surface area contributed by atoms with E-state index in [1.807, 2.05) is 20.8 Å². The molecule has 4 heteroatoms. The van der Waals surface area contributed by atoms with Crippen molar-refractivity contribution in [2.45, 2.75) is 26.8 Å². The highest BCUT2D eigenvalue weighted by Gasteiger charge is 2.36. The normalized spacial score (nSPS) is 24.5. The number of urea groups is 1. The lowest BCUT2D eigenvalue weighted by Gasteiger charge is -2.37. The van der Waals surface area contributed by atoms with Crippen LogP contribution in [0.4, 0.5) is 4.79 Å². The van der Waals surface area contributed by atoms with Crippen LogP contribution in [0.3, 0.4) is 0 Å². The van der Waals surface area contributed by atoms with Crippen molar-refractivity contribution in [3.05, 3.63) is 0 Å². The van der Waals surface area contributed by atoms with E-state index in [1.54, 1.807) is 11.9 Å². The van der Waals surface area contributed by atoms with E-state index in [4.69, 9.17) is 0 Å². The van der Waals surface area contributed by atoms with Crippen molar-refractivity contribution >= 4 is 11.9 Å². The first-order valence-electron chi connectivity index (χ1n) is 4.53. The number of carbonyl (C=O) groups excluding carboxylic acids is 2. The molecule has 1 atom stereocenters. The largest absolute Gasteiger partial charge is 0.327 e. The zero-order valence-corrected chi connectivity index (χ0v) is 8.57. The van der Waals surface area contributed by atoms with Crippen LogP contribution in [0.1, 0.15) is 20.8 Å². The fraction of sp³-hybridized carbons (Fsp3) is 0.778. The number of nitrogens with zero attached hydrogens (tertiary/aromatic N) is 2. The molecule has 1 unspecified atom stereocenters. The van der Waals surface area contributed by atoms with Crippen molar-refractivity contribution in [2.75, 3.05) is 13.6 Å². The summed E-state index contributed by atoms with van der Waals surface area (Å²) < 4.78 is 0. The number of imide groups is 1. The molecular weight excluding hydrogens is 168 g/mol. The Morgan fingerprint density at radius 2 is 1.92 bits per heavy atom. The molecule has 0 radical (unpaired) electrons. The van der Waals surface area contributed by atoms with Crippen molar-refractivity contribution in [3.8, 4) is 0 Å². The summed E-state index contributed by atoms with van der Waals surface area (Å²) in [6.07, 6.45) is 0. The molecule has 1 rings (SSSR count). The summed E-state index contributed by atoms with van der Waals surface area (Å²) >= 11 is 0. The van der Waals surface area contributed by atoms with Crippen molar-refractivity contribution in [3.63, 3.8) is 0 Å². The summed E-state index contributed by atoms with van der Waals surface area (Å²) in [5.41, 5.74) is 0. The van der Waals surface area contributed by atoms with Gasteiger partial charge in [-0.25, -0.2) is 4.79 Å². The van der Waals surface area contributed by atoms with Crippen LogP contribution >= 0.6 is 0 Å². The van der Waals surface area contributed by atoms with Gasteiger partial charge < -0.3 is 4.90 Å². The second kappa shape index (κ2) is 3.36. The van der Waals surface area contributed by atoms with Gasteiger partial charge in [-0.1, -0.05) is 6.92 Å². The molecule has 3 amide bonds. The maximum absolute atomic E-state index is 11.6. The molecule has 1 saturated heterocycles. The Hall–Kier alpha value is -1.06.